The lowest BCUT2D eigenvalue weighted by molar-refractivity contribution is -0.00699. The lowest BCUT2D eigenvalue weighted by atomic mass is 10.2. The van der Waals surface area contributed by atoms with E-state index in [1.165, 1.54) is 0 Å². The van der Waals surface area contributed by atoms with Gasteiger partial charge in [-0.1, -0.05) is 0 Å². The van der Waals surface area contributed by atoms with Gasteiger partial charge in [0.25, 0.3) is 0 Å². The smallest absolute Gasteiger partial charge is 0.0716 e. The van der Waals surface area contributed by atoms with Crippen molar-refractivity contribution in [1.82, 2.24) is 5.32 Å². The molecule has 58 valence electrons. The van der Waals surface area contributed by atoms with Crippen LogP contribution in [-0.2, 0) is 9.47 Å². The fourth-order valence-electron chi connectivity index (χ4n) is 1.54. The summed E-state index contributed by atoms with van der Waals surface area (Å²) in [5, 5.41) is 3.35. The Morgan fingerprint density at radius 1 is 1.30 bits per heavy atom. The van der Waals surface area contributed by atoms with Gasteiger partial charge in [0, 0.05) is 12.6 Å². The van der Waals surface area contributed by atoms with Gasteiger partial charge in [0.2, 0.25) is 0 Å². The first-order valence-electron chi connectivity index (χ1n) is 3.88. The van der Waals surface area contributed by atoms with Gasteiger partial charge < -0.3 is 14.8 Å². The first kappa shape index (κ1) is 6.58. The lowest BCUT2D eigenvalue weighted by Crippen LogP contribution is -2.27. The van der Waals surface area contributed by atoms with E-state index in [1.807, 2.05) is 0 Å². The van der Waals surface area contributed by atoms with Crippen molar-refractivity contribution in [2.45, 2.75) is 18.6 Å². The van der Waals surface area contributed by atoms with Crippen LogP contribution in [-0.4, -0.2) is 38.5 Å². The summed E-state index contributed by atoms with van der Waals surface area (Å²) in [6, 6.07) is 0.547. The largest absolute Gasteiger partial charge is 0.377 e. The van der Waals surface area contributed by atoms with Gasteiger partial charge in [-0.25, -0.2) is 0 Å². The molecular weight excluding hydrogens is 130 g/mol. The zero-order chi connectivity index (χ0) is 6.81. The zero-order valence-corrected chi connectivity index (χ0v) is 6.01. The quantitative estimate of drug-likeness (QED) is 0.508. The van der Waals surface area contributed by atoms with Crippen LogP contribution in [0.4, 0.5) is 0 Å². The van der Waals surface area contributed by atoms with Gasteiger partial charge in [0.15, 0.2) is 0 Å². The molecule has 2 saturated heterocycles. The van der Waals surface area contributed by atoms with Crippen molar-refractivity contribution in [2.24, 2.45) is 0 Å². The Balaban J connectivity index is 1.91. The summed E-state index contributed by atoms with van der Waals surface area (Å²) in [6.07, 6.45) is 1.58. The highest BCUT2D eigenvalue weighted by Crippen LogP contribution is 2.12. The van der Waals surface area contributed by atoms with E-state index in [0.717, 1.165) is 32.8 Å². The number of ether oxygens (including phenoxy) is 2. The van der Waals surface area contributed by atoms with Crippen molar-refractivity contribution in [3.05, 3.63) is 0 Å². The van der Waals surface area contributed by atoms with Gasteiger partial charge in [-0.3, -0.25) is 0 Å². The van der Waals surface area contributed by atoms with E-state index >= 15 is 0 Å². The molecule has 0 aromatic rings. The molecule has 0 aromatic heterocycles. The summed E-state index contributed by atoms with van der Waals surface area (Å²) in [5.41, 5.74) is 0. The number of nitrogens with one attached hydrogen (secondary N) is 1. The molecule has 0 radical (unpaired) electrons. The fourth-order valence-corrected chi connectivity index (χ4v) is 1.54. The Hall–Kier alpha value is -0.120. The lowest BCUT2D eigenvalue weighted by Gasteiger charge is -2.15. The van der Waals surface area contributed by atoms with Crippen molar-refractivity contribution in [3.63, 3.8) is 0 Å². The van der Waals surface area contributed by atoms with Crippen LogP contribution in [0, 0.1) is 0 Å². The topological polar surface area (TPSA) is 30.5 Å². The van der Waals surface area contributed by atoms with E-state index in [-0.39, 0.29) is 0 Å². The highest BCUT2D eigenvalue weighted by Gasteiger charge is 2.25. The third-order valence-corrected chi connectivity index (χ3v) is 2.08. The summed E-state index contributed by atoms with van der Waals surface area (Å²) < 4.78 is 10.8. The van der Waals surface area contributed by atoms with Gasteiger partial charge in [0.1, 0.15) is 0 Å². The van der Waals surface area contributed by atoms with Crippen molar-refractivity contribution in [3.8, 4) is 0 Å². The maximum atomic E-state index is 5.49. The van der Waals surface area contributed by atoms with Gasteiger partial charge >= 0.3 is 0 Å². The molecule has 2 fully saturated rings. The highest BCUT2D eigenvalue weighted by atomic mass is 16.5. The maximum absolute atomic E-state index is 5.49. The molecule has 2 aliphatic heterocycles. The molecule has 2 heterocycles. The molecule has 0 amide bonds. The molecule has 0 aliphatic carbocycles. The van der Waals surface area contributed by atoms with Gasteiger partial charge in [-0.2, -0.15) is 0 Å². The van der Waals surface area contributed by atoms with Crippen molar-refractivity contribution in [1.29, 1.82) is 0 Å². The molecule has 2 aliphatic rings. The minimum absolute atomic E-state index is 0.453. The molecular formula is C7H13NO2. The average Bonchev–Trinajstić information content (AvgIpc) is 2.30. The summed E-state index contributed by atoms with van der Waals surface area (Å²) in [7, 11) is 0. The second-order valence-electron chi connectivity index (χ2n) is 2.91. The summed E-state index contributed by atoms with van der Waals surface area (Å²) in [5.74, 6) is 0. The molecule has 2 rings (SSSR count). The molecule has 3 heteroatoms. The average molecular weight is 143 g/mol. The second-order valence-corrected chi connectivity index (χ2v) is 2.91. The van der Waals surface area contributed by atoms with E-state index < -0.39 is 0 Å². The Morgan fingerprint density at radius 3 is 3.30 bits per heavy atom. The van der Waals surface area contributed by atoms with Crippen LogP contribution in [0.25, 0.3) is 0 Å². The van der Waals surface area contributed by atoms with E-state index in [2.05, 4.69) is 5.32 Å². The standard InChI is InChI=1S/C7H13NO2/c1-2-10-7-3-6(5-9-1)8-4-7/h6-8H,1-5H2. The second kappa shape index (κ2) is 2.86. The molecule has 1 N–H and O–H groups in total. The van der Waals surface area contributed by atoms with Crippen LogP contribution in [0.3, 0.4) is 0 Å². The fraction of sp³-hybridized carbons (Fsp3) is 1.00. The number of hydrogen-bond acceptors (Lipinski definition) is 3. The first-order chi connectivity index (χ1) is 4.95. The Bertz CT molecular complexity index is 106. The Kier molecular flexibility index (Phi) is 1.88. The molecule has 2 atom stereocenters. The molecule has 10 heavy (non-hydrogen) atoms. The summed E-state index contributed by atoms with van der Waals surface area (Å²) in [4.78, 5) is 0. The van der Waals surface area contributed by atoms with Crippen LogP contribution in [0.15, 0.2) is 0 Å². The molecule has 2 bridgehead atoms. The SMILES string of the molecule is C1COC2CNC(CO1)C2. The van der Waals surface area contributed by atoms with Gasteiger partial charge in [-0.05, 0) is 6.42 Å². The number of rotatable bonds is 0. The Labute approximate surface area is 60.7 Å². The van der Waals surface area contributed by atoms with E-state index in [0.29, 0.717) is 12.1 Å². The predicted molar refractivity (Wildman–Crippen MR) is 37.0 cm³/mol. The van der Waals surface area contributed by atoms with Crippen molar-refractivity contribution >= 4 is 0 Å². The summed E-state index contributed by atoms with van der Waals surface area (Å²) >= 11 is 0. The molecule has 0 saturated carbocycles. The van der Waals surface area contributed by atoms with E-state index in [1.54, 1.807) is 0 Å². The molecule has 0 spiro atoms. The van der Waals surface area contributed by atoms with Crippen molar-refractivity contribution in [2.75, 3.05) is 26.4 Å². The van der Waals surface area contributed by atoms with Crippen molar-refractivity contribution < 1.29 is 9.47 Å². The third-order valence-electron chi connectivity index (χ3n) is 2.08. The first-order valence-corrected chi connectivity index (χ1v) is 3.88. The van der Waals surface area contributed by atoms with Crippen LogP contribution in [0.1, 0.15) is 6.42 Å². The van der Waals surface area contributed by atoms with Gasteiger partial charge in [0.05, 0.1) is 25.9 Å². The molecule has 3 nitrogen and oxygen atoms in total. The maximum Gasteiger partial charge on any atom is 0.0716 e. The normalized spacial score (nSPS) is 40.8. The van der Waals surface area contributed by atoms with Crippen LogP contribution in [0.2, 0.25) is 0 Å². The minimum Gasteiger partial charge on any atom is -0.377 e. The molecule has 0 aromatic carbocycles. The number of hydrogen-bond donors (Lipinski definition) is 1. The predicted octanol–water partition coefficient (Wildman–Crippen LogP) is -0.236. The third kappa shape index (κ3) is 1.31. The summed E-state index contributed by atoms with van der Waals surface area (Å²) in [6.45, 7) is 3.39. The van der Waals surface area contributed by atoms with E-state index in [9.17, 15) is 0 Å². The zero-order valence-electron chi connectivity index (χ0n) is 6.01. The van der Waals surface area contributed by atoms with Crippen LogP contribution < -0.4 is 5.32 Å². The number of fused-ring (bicyclic) bond motifs is 2. The molecule has 2 unspecified atom stereocenters. The monoisotopic (exact) mass is 143 g/mol. The van der Waals surface area contributed by atoms with Crippen LogP contribution in [0.5, 0.6) is 0 Å². The van der Waals surface area contributed by atoms with Crippen LogP contribution >= 0.6 is 0 Å². The Morgan fingerprint density at radius 2 is 2.30 bits per heavy atom. The minimum atomic E-state index is 0.453. The highest BCUT2D eigenvalue weighted by molar-refractivity contribution is 4.82. The van der Waals surface area contributed by atoms with Gasteiger partial charge in [-0.15, -0.1) is 0 Å². The van der Waals surface area contributed by atoms with E-state index in [4.69, 9.17) is 9.47 Å².